The van der Waals surface area contributed by atoms with Crippen molar-refractivity contribution >= 4 is 34.3 Å². The fraction of sp³-hybridized carbons (Fsp3) is 0.185. The maximum absolute atomic E-state index is 13.9. The molecule has 0 saturated carbocycles. The number of carbonyl (C=O) groups is 1. The number of hydrogen-bond acceptors (Lipinski definition) is 8. The zero-order valence-electron chi connectivity index (χ0n) is 20.8. The number of hydrogen-bond donors (Lipinski definition) is 2. The van der Waals surface area contributed by atoms with Gasteiger partial charge in [-0.1, -0.05) is 18.7 Å². The second kappa shape index (κ2) is 11.4. The summed E-state index contributed by atoms with van der Waals surface area (Å²) < 4.78 is 25.4. The first-order valence-corrected chi connectivity index (χ1v) is 11.5. The van der Waals surface area contributed by atoms with Crippen molar-refractivity contribution in [1.29, 1.82) is 0 Å². The fourth-order valence-corrected chi connectivity index (χ4v) is 3.58. The number of halogens is 1. The molecular formula is C27H27FN6O3. The minimum Gasteiger partial charge on any atom is -0.494 e. The Morgan fingerprint density at radius 1 is 1.14 bits per heavy atom. The Morgan fingerprint density at radius 3 is 2.70 bits per heavy atom. The number of amides is 1. The predicted molar refractivity (Wildman–Crippen MR) is 142 cm³/mol. The van der Waals surface area contributed by atoms with E-state index in [1.807, 2.05) is 19.0 Å². The molecule has 0 aliphatic heterocycles. The van der Waals surface area contributed by atoms with E-state index in [4.69, 9.17) is 9.47 Å². The van der Waals surface area contributed by atoms with Gasteiger partial charge < -0.3 is 25.0 Å². The molecule has 0 spiro atoms. The lowest BCUT2D eigenvalue weighted by Crippen LogP contribution is -2.20. The van der Waals surface area contributed by atoms with Crippen LogP contribution in [0.25, 0.3) is 22.2 Å². The highest BCUT2D eigenvalue weighted by Gasteiger charge is 2.16. The lowest BCUT2D eigenvalue weighted by atomic mass is 10.1. The molecule has 0 fully saturated rings. The van der Waals surface area contributed by atoms with Gasteiger partial charge in [-0.15, -0.1) is 0 Å². The second-order valence-corrected chi connectivity index (χ2v) is 8.32. The van der Waals surface area contributed by atoms with Crippen LogP contribution in [0.2, 0.25) is 0 Å². The highest BCUT2D eigenvalue weighted by molar-refractivity contribution is 6.00. The second-order valence-electron chi connectivity index (χ2n) is 8.32. The van der Waals surface area contributed by atoms with Crippen LogP contribution in [0.5, 0.6) is 11.5 Å². The Labute approximate surface area is 214 Å². The molecule has 37 heavy (non-hydrogen) atoms. The van der Waals surface area contributed by atoms with Crippen molar-refractivity contribution in [3.8, 4) is 22.6 Å². The van der Waals surface area contributed by atoms with Gasteiger partial charge in [-0.05, 0) is 50.0 Å². The molecule has 2 heterocycles. The average Bonchev–Trinajstić information content (AvgIpc) is 2.89. The van der Waals surface area contributed by atoms with Crippen LogP contribution >= 0.6 is 0 Å². The molecule has 4 rings (SSSR count). The van der Waals surface area contributed by atoms with Crippen LogP contribution in [0.15, 0.2) is 67.5 Å². The van der Waals surface area contributed by atoms with Crippen LogP contribution in [0, 0.1) is 5.82 Å². The van der Waals surface area contributed by atoms with Crippen molar-refractivity contribution in [2.24, 2.45) is 0 Å². The van der Waals surface area contributed by atoms with Gasteiger partial charge in [0.25, 0.3) is 0 Å². The maximum atomic E-state index is 13.9. The number of rotatable bonds is 10. The molecule has 0 atom stereocenters. The molecule has 10 heteroatoms. The molecule has 0 saturated heterocycles. The monoisotopic (exact) mass is 502 g/mol. The molecule has 0 unspecified atom stereocenters. The van der Waals surface area contributed by atoms with Gasteiger partial charge in [0.15, 0.2) is 0 Å². The summed E-state index contributed by atoms with van der Waals surface area (Å²) in [6, 6.07) is 11.4. The molecule has 0 aliphatic rings. The van der Waals surface area contributed by atoms with Crippen LogP contribution < -0.4 is 20.1 Å². The third kappa shape index (κ3) is 6.17. The molecule has 0 bridgehead atoms. The summed E-state index contributed by atoms with van der Waals surface area (Å²) in [5.41, 5.74) is 3.41. The number of carbonyl (C=O) groups excluding carboxylic acids is 1. The molecule has 2 aromatic heterocycles. The number of aromatic nitrogens is 3. The average molecular weight is 503 g/mol. The smallest absolute Gasteiger partial charge is 0.247 e. The predicted octanol–water partition coefficient (Wildman–Crippen LogP) is 4.65. The zero-order chi connectivity index (χ0) is 26.4. The maximum Gasteiger partial charge on any atom is 0.247 e. The molecule has 2 aromatic carbocycles. The summed E-state index contributed by atoms with van der Waals surface area (Å²) in [4.78, 5) is 27.4. The van der Waals surface area contributed by atoms with Crippen LogP contribution in [0.4, 0.5) is 21.7 Å². The van der Waals surface area contributed by atoms with Gasteiger partial charge in [-0.25, -0.2) is 14.4 Å². The quantitative estimate of drug-likeness (QED) is 0.302. The summed E-state index contributed by atoms with van der Waals surface area (Å²) in [5.74, 6) is 0.426. The number of likely N-dealkylation sites (N-methyl/N-ethyl adjacent to an activating group) is 1. The van der Waals surface area contributed by atoms with Crippen molar-refractivity contribution in [3.63, 3.8) is 0 Å². The number of anilines is 3. The lowest BCUT2D eigenvalue weighted by Gasteiger charge is -2.18. The first kappa shape index (κ1) is 25.5. The van der Waals surface area contributed by atoms with Gasteiger partial charge in [0.2, 0.25) is 11.9 Å². The molecule has 4 aromatic rings. The van der Waals surface area contributed by atoms with Crippen LogP contribution in [0.3, 0.4) is 0 Å². The Kier molecular flexibility index (Phi) is 7.89. The van der Waals surface area contributed by atoms with Gasteiger partial charge in [0, 0.05) is 24.4 Å². The molecule has 0 aliphatic carbocycles. The van der Waals surface area contributed by atoms with Crippen LogP contribution in [-0.4, -0.2) is 60.1 Å². The molecular weight excluding hydrogens is 475 g/mol. The summed E-state index contributed by atoms with van der Waals surface area (Å²) >= 11 is 0. The van der Waals surface area contributed by atoms with Gasteiger partial charge in [0.05, 0.1) is 24.7 Å². The number of methoxy groups -OCH3 is 1. The largest absolute Gasteiger partial charge is 0.494 e. The van der Waals surface area contributed by atoms with Crippen LogP contribution in [0.1, 0.15) is 0 Å². The molecule has 9 nitrogen and oxygen atoms in total. The van der Waals surface area contributed by atoms with Crippen molar-refractivity contribution in [1.82, 2.24) is 19.9 Å². The Bertz CT molecular complexity index is 1440. The Morgan fingerprint density at radius 2 is 1.97 bits per heavy atom. The summed E-state index contributed by atoms with van der Waals surface area (Å²) in [6.45, 7) is 4.60. The molecule has 1 amide bonds. The fourth-order valence-electron chi connectivity index (χ4n) is 3.58. The minimum atomic E-state index is -0.388. The van der Waals surface area contributed by atoms with Crippen molar-refractivity contribution in [2.45, 2.75) is 0 Å². The van der Waals surface area contributed by atoms with Crippen molar-refractivity contribution in [3.05, 3.63) is 73.3 Å². The summed E-state index contributed by atoms with van der Waals surface area (Å²) in [7, 11) is 5.41. The lowest BCUT2D eigenvalue weighted by molar-refractivity contribution is -0.111. The first-order valence-electron chi connectivity index (χ1n) is 11.5. The first-order chi connectivity index (χ1) is 17.9. The number of nitrogens with one attached hydrogen (secondary N) is 2. The van der Waals surface area contributed by atoms with E-state index in [-0.39, 0.29) is 17.7 Å². The van der Waals surface area contributed by atoms with E-state index in [9.17, 15) is 9.18 Å². The minimum absolute atomic E-state index is 0.263. The Balaban J connectivity index is 1.72. The van der Waals surface area contributed by atoms with Gasteiger partial charge >= 0.3 is 0 Å². The number of pyridine rings is 1. The normalized spacial score (nSPS) is 10.8. The number of benzene rings is 2. The van der Waals surface area contributed by atoms with E-state index in [0.717, 1.165) is 0 Å². The van der Waals surface area contributed by atoms with E-state index < -0.39 is 0 Å². The number of ether oxygens (including phenoxy) is 2. The van der Waals surface area contributed by atoms with Gasteiger partial charge in [-0.3, -0.25) is 9.78 Å². The van der Waals surface area contributed by atoms with E-state index in [1.165, 1.54) is 25.3 Å². The van der Waals surface area contributed by atoms with Crippen molar-refractivity contribution in [2.75, 3.05) is 45.0 Å². The third-order valence-corrected chi connectivity index (χ3v) is 5.40. The highest BCUT2D eigenvalue weighted by Crippen LogP contribution is 2.38. The standard InChI is InChI=1S/C27H27FN6O3/c1-5-25(35)31-21-14-20(23(36-4)15-24(21)37-12-11-34(2)3)32-27-30-16-22-26(33-27)19(9-10-29-22)17-7-6-8-18(28)13-17/h5-10,13-16H,1,11-12H2,2-4H3,(H,31,35)(H,30,32,33). The number of fused-ring (bicyclic) bond motifs is 1. The van der Waals surface area contributed by atoms with E-state index in [2.05, 4.69) is 32.2 Å². The molecule has 0 radical (unpaired) electrons. The SMILES string of the molecule is C=CC(=O)Nc1cc(Nc2ncc3nccc(-c4cccc(F)c4)c3n2)c(OC)cc1OCCN(C)C. The van der Waals surface area contributed by atoms with Gasteiger partial charge in [-0.2, -0.15) is 0 Å². The van der Waals surface area contributed by atoms with E-state index in [1.54, 1.807) is 42.7 Å². The third-order valence-electron chi connectivity index (χ3n) is 5.40. The molecule has 190 valence electrons. The molecule has 2 N–H and O–H groups in total. The van der Waals surface area contributed by atoms with E-state index >= 15 is 0 Å². The summed E-state index contributed by atoms with van der Waals surface area (Å²) in [6.07, 6.45) is 4.39. The van der Waals surface area contributed by atoms with E-state index in [0.29, 0.717) is 58.2 Å². The Hall–Kier alpha value is -4.57. The van der Waals surface area contributed by atoms with Gasteiger partial charge in [0.1, 0.15) is 35.0 Å². The summed E-state index contributed by atoms with van der Waals surface area (Å²) in [5, 5.41) is 5.91. The van der Waals surface area contributed by atoms with Crippen molar-refractivity contribution < 1.29 is 18.7 Å². The highest BCUT2D eigenvalue weighted by atomic mass is 19.1. The van der Waals surface area contributed by atoms with Crippen LogP contribution in [-0.2, 0) is 4.79 Å². The zero-order valence-corrected chi connectivity index (χ0v) is 20.8. The number of nitrogens with zero attached hydrogens (tertiary/aromatic N) is 4. The topological polar surface area (TPSA) is 102 Å².